The van der Waals surface area contributed by atoms with Crippen molar-refractivity contribution in [3.8, 4) is 11.4 Å². The number of carboxylic acids is 1. The van der Waals surface area contributed by atoms with Crippen LogP contribution in [-0.2, 0) is 11.3 Å². The molecule has 2 aromatic carbocycles. The Balaban J connectivity index is 2.08. The van der Waals surface area contributed by atoms with Crippen molar-refractivity contribution in [2.24, 2.45) is 0 Å². The molecule has 0 unspecified atom stereocenters. The van der Waals surface area contributed by atoms with E-state index >= 15 is 0 Å². The zero-order valence-corrected chi connectivity index (χ0v) is 10.6. The van der Waals surface area contributed by atoms with Crippen LogP contribution in [0.5, 0.6) is 0 Å². The van der Waals surface area contributed by atoms with Crippen molar-refractivity contribution in [2.75, 3.05) is 0 Å². The third kappa shape index (κ3) is 2.23. The number of carboxylic acid groups (broad SMARTS) is 1. The number of benzene rings is 2. The molecule has 0 aliphatic heterocycles. The fourth-order valence-corrected chi connectivity index (χ4v) is 2.17. The lowest BCUT2D eigenvalue weighted by Gasteiger charge is -2.06. The van der Waals surface area contributed by atoms with E-state index in [9.17, 15) is 4.79 Å². The summed E-state index contributed by atoms with van der Waals surface area (Å²) in [7, 11) is 0. The summed E-state index contributed by atoms with van der Waals surface area (Å²) in [6.07, 6.45) is -0.0111. The molecule has 0 saturated carbocycles. The van der Waals surface area contributed by atoms with Gasteiger partial charge in [0.05, 0.1) is 13.0 Å². The maximum Gasteiger partial charge on any atom is 0.305 e. The van der Waals surface area contributed by atoms with Gasteiger partial charge in [-0.3, -0.25) is 4.79 Å². The quantitative estimate of drug-likeness (QED) is 0.782. The highest BCUT2D eigenvalue weighted by molar-refractivity contribution is 5.94. The highest BCUT2D eigenvalue weighted by Crippen LogP contribution is 2.26. The number of tetrazole rings is 1. The van der Waals surface area contributed by atoms with Crippen molar-refractivity contribution in [2.45, 2.75) is 13.0 Å². The van der Waals surface area contributed by atoms with Gasteiger partial charge < -0.3 is 5.11 Å². The molecule has 0 aliphatic rings. The summed E-state index contributed by atoms with van der Waals surface area (Å²) < 4.78 is 1.52. The van der Waals surface area contributed by atoms with Gasteiger partial charge in [0.15, 0.2) is 5.82 Å². The molecule has 0 atom stereocenters. The van der Waals surface area contributed by atoms with Crippen LogP contribution in [0.4, 0.5) is 0 Å². The van der Waals surface area contributed by atoms with Crippen LogP contribution in [-0.4, -0.2) is 31.3 Å². The number of nitrogens with zero attached hydrogens (tertiary/aromatic N) is 4. The second kappa shape index (κ2) is 5.08. The molecule has 1 N–H and O–H groups in total. The first kappa shape index (κ1) is 12.3. The molecular weight excluding hydrogens is 256 g/mol. The van der Waals surface area contributed by atoms with Crippen LogP contribution in [0.1, 0.15) is 6.42 Å². The molecule has 20 heavy (non-hydrogen) atoms. The predicted molar refractivity (Wildman–Crippen MR) is 73.0 cm³/mol. The number of hydrogen-bond donors (Lipinski definition) is 1. The van der Waals surface area contributed by atoms with Crippen LogP contribution >= 0.6 is 0 Å². The first-order valence-electron chi connectivity index (χ1n) is 6.22. The number of fused-ring (bicyclic) bond motifs is 1. The summed E-state index contributed by atoms with van der Waals surface area (Å²) in [5, 5.41) is 22.4. The van der Waals surface area contributed by atoms with E-state index in [1.54, 1.807) is 0 Å². The van der Waals surface area contributed by atoms with Gasteiger partial charge in [0.2, 0.25) is 0 Å². The summed E-state index contributed by atoms with van der Waals surface area (Å²) in [6.45, 7) is 0.251. The molecule has 6 nitrogen and oxygen atoms in total. The fourth-order valence-electron chi connectivity index (χ4n) is 2.17. The average Bonchev–Trinajstić information content (AvgIpc) is 2.92. The van der Waals surface area contributed by atoms with Crippen molar-refractivity contribution < 1.29 is 9.90 Å². The maximum atomic E-state index is 10.7. The van der Waals surface area contributed by atoms with E-state index < -0.39 is 5.97 Å². The minimum atomic E-state index is -0.871. The molecule has 0 amide bonds. The number of rotatable bonds is 4. The number of carbonyl (C=O) groups is 1. The smallest absolute Gasteiger partial charge is 0.305 e. The molecule has 0 aliphatic carbocycles. The Morgan fingerprint density at radius 1 is 1.15 bits per heavy atom. The largest absolute Gasteiger partial charge is 0.481 e. The second-order valence-corrected chi connectivity index (χ2v) is 4.40. The second-order valence-electron chi connectivity index (χ2n) is 4.40. The zero-order chi connectivity index (χ0) is 13.9. The van der Waals surface area contributed by atoms with Crippen LogP contribution in [0.2, 0.25) is 0 Å². The Hall–Kier alpha value is -2.76. The lowest BCUT2D eigenvalue weighted by Crippen LogP contribution is -2.07. The van der Waals surface area contributed by atoms with Crippen molar-refractivity contribution in [1.82, 2.24) is 20.2 Å². The minimum absolute atomic E-state index is 0.0111. The standard InChI is InChI=1S/C14H12N4O2/c19-13(20)8-9-18-14(15-16-17-18)12-7-3-5-10-4-1-2-6-11(10)12/h1-7H,8-9H2,(H,19,20). The number of hydrogen-bond acceptors (Lipinski definition) is 4. The van der Waals surface area contributed by atoms with Gasteiger partial charge in [0, 0.05) is 5.56 Å². The Morgan fingerprint density at radius 2 is 1.95 bits per heavy atom. The van der Waals surface area contributed by atoms with E-state index in [1.165, 1.54) is 4.68 Å². The molecule has 100 valence electrons. The molecule has 0 spiro atoms. The molecule has 0 bridgehead atoms. The lowest BCUT2D eigenvalue weighted by molar-refractivity contribution is -0.137. The van der Waals surface area contributed by atoms with Gasteiger partial charge in [0.1, 0.15) is 0 Å². The summed E-state index contributed by atoms with van der Waals surface area (Å²) in [6, 6.07) is 13.8. The Morgan fingerprint density at radius 3 is 2.80 bits per heavy atom. The fraction of sp³-hybridized carbons (Fsp3) is 0.143. The summed E-state index contributed by atoms with van der Waals surface area (Å²) in [5.74, 6) is -0.285. The zero-order valence-electron chi connectivity index (χ0n) is 10.6. The van der Waals surface area contributed by atoms with Crippen LogP contribution in [0.25, 0.3) is 22.2 Å². The minimum Gasteiger partial charge on any atom is -0.481 e. The van der Waals surface area contributed by atoms with Gasteiger partial charge in [-0.15, -0.1) is 5.10 Å². The predicted octanol–water partition coefficient (Wildman–Crippen LogP) is 1.97. The molecular formula is C14H12N4O2. The van der Waals surface area contributed by atoms with Gasteiger partial charge in [-0.1, -0.05) is 42.5 Å². The van der Waals surface area contributed by atoms with Crippen molar-refractivity contribution in [3.63, 3.8) is 0 Å². The molecule has 1 aromatic heterocycles. The van der Waals surface area contributed by atoms with Gasteiger partial charge in [-0.05, 0) is 21.2 Å². The first-order chi connectivity index (χ1) is 9.75. The lowest BCUT2D eigenvalue weighted by atomic mass is 10.0. The number of aryl methyl sites for hydroxylation is 1. The summed E-state index contributed by atoms with van der Waals surface area (Å²) in [5.41, 5.74) is 0.901. The van der Waals surface area contributed by atoms with E-state index in [1.807, 2.05) is 42.5 Å². The van der Waals surface area contributed by atoms with E-state index in [0.717, 1.165) is 16.3 Å². The van der Waals surface area contributed by atoms with Crippen LogP contribution in [0, 0.1) is 0 Å². The highest BCUT2D eigenvalue weighted by Gasteiger charge is 2.12. The first-order valence-corrected chi connectivity index (χ1v) is 6.22. The highest BCUT2D eigenvalue weighted by atomic mass is 16.4. The topological polar surface area (TPSA) is 80.9 Å². The normalized spacial score (nSPS) is 10.8. The Bertz CT molecular complexity index is 761. The van der Waals surface area contributed by atoms with Gasteiger partial charge in [-0.25, -0.2) is 4.68 Å². The molecule has 0 saturated heterocycles. The van der Waals surface area contributed by atoms with Gasteiger partial charge >= 0.3 is 5.97 Å². The molecule has 3 rings (SSSR count). The Labute approximate surface area is 114 Å². The van der Waals surface area contributed by atoms with Crippen molar-refractivity contribution in [3.05, 3.63) is 42.5 Å². The van der Waals surface area contributed by atoms with E-state index in [0.29, 0.717) is 5.82 Å². The van der Waals surface area contributed by atoms with E-state index in [4.69, 9.17) is 5.11 Å². The SMILES string of the molecule is O=C(O)CCn1nnnc1-c1cccc2ccccc12. The average molecular weight is 268 g/mol. The third-order valence-electron chi connectivity index (χ3n) is 3.10. The molecule has 0 radical (unpaired) electrons. The van der Waals surface area contributed by atoms with Crippen LogP contribution in [0.15, 0.2) is 42.5 Å². The van der Waals surface area contributed by atoms with Gasteiger partial charge in [0.25, 0.3) is 0 Å². The maximum absolute atomic E-state index is 10.7. The summed E-state index contributed by atoms with van der Waals surface area (Å²) >= 11 is 0. The van der Waals surface area contributed by atoms with Crippen LogP contribution in [0.3, 0.4) is 0 Å². The third-order valence-corrected chi connectivity index (χ3v) is 3.10. The number of aliphatic carboxylic acids is 1. The Kier molecular flexibility index (Phi) is 3.12. The summed E-state index contributed by atoms with van der Waals surface area (Å²) in [4.78, 5) is 10.7. The van der Waals surface area contributed by atoms with E-state index in [2.05, 4.69) is 15.5 Å². The molecule has 0 fully saturated rings. The molecule has 1 heterocycles. The van der Waals surface area contributed by atoms with Crippen LogP contribution < -0.4 is 0 Å². The number of aromatic nitrogens is 4. The van der Waals surface area contributed by atoms with Crippen molar-refractivity contribution >= 4 is 16.7 Å². The molecule has 6 heteroatoms. The monoisotopic (exact) mass is 268 g/mol. The van der Waals surface area contributed by atoms with E-state index in [-0.39, 0.29) is 13.0 Å². The van der Waals surface area contributed by atoms with Crippen molar-refractivity contribution in [1.29, 1.82) is 0 Å². The van der Waals surface area contributed by atoms with Gasteiger partial charge in [-0.2, -0.15) is 0 Å². The molecule has 3 aromatic rings.